The van der Waals surface area contributed by atoms with Gasteiger partial charge in [0.05, 0.1) is 0 Å². The number of carbonyl (C=O) groups is 2. The van der Waals surface area contributed by atoms with E-state index in [1.54, 1.807) is 0 Å². The Bertz CT molecular complexity index is 439. The van der Waals surface area contributed by atoms with Crippen molar-refractivity contribution in [1.29, 1.82) is 0 Å². The van der Waals surface area contributed by atoms with Crippen LogP contribution in [-0.2, 0) is 11.0 Å². The van der Waals surface area contributed by atoms with Crippen LogP contribution in [0.1, 0.15) is 23.0 Å². The molecule has 0 spiro atoms. The molecule has 0 unspecified atom stereocenters. The Morgan fingerprint density at radius 2 is 1.94 bits per heavy atom. The van der Waals surface area contributed by atoms with Crippen LogP contribution in [0, 0.1) is 5.92 Å². The van der Waals surface area contributed by atoms with Crippen molar-refractivity contribution in [3.63, 3.8) is 0 Å². The summed E-state index contributed by atoms with van der Waals surface area (Å²) in [5.74, 6) is -3.43. The van der Waals surface area contributed by atoms with E-state index >= 15 is 0 Å². The zero-order chi connectivity index (χ0) is 13.2. The van der Waals surface area contributed by atoms with Crippen LogP contribution in [0.15, 0.2) is 18.3 Å². The molecule has 0 bridgehead atoms. The minimum atomic E-state index is -4.58. The fraction of sp³-hybridized carbons (Fsp3) is 0.300. The van der Waals surface area contributed by atoms with Crippen LogP contribution in [0.4, 0.5) is 13.2 Å². The summed E-state index contributed by atoms with van der Waals surface area (Å²) in [6, 6.07) is 1.55. The Balaban J connectivity index is 2.96. The molecule has 17 heavy (non-hydrogen) atoms. The van der Waals surface area contributed by atoms with Crippen LogP contribution in [-0.4, -0.2) is 21.8 Å². The lowest BCUT2D eigenvalue weighted by Gasteiger charge is -2.07. The zero-order valence-corrected chi connectivity index (χ0v) is 8.65. The highest BCUT2D eigenvalue weighted by molar-refractivity contribution is 6.07. The number of nitrogens with zero attached hydrogens (tertiary/aromatic N) is 1. The van der Waals surface area contributed by atoms with Crippen molar-refractivity contribution >= 4 is 11.8 Å². The number of rotatable bonds is 3. The van der Waals surface area contributed by atoms with Crippen LogP contribution in [0.5, 0.6) is 0 Å². The molecule has 1 aromatic heterocycles. The largest absolute Gasteiger partial charge is 0.481 e. The second-order valence-electron chi connectivity index (χ2n) is 3.35. The van der Waals surface area contributed by atoms with Crippen molar-refractivity contribution in [2.75, 3.05) is 0 Å². The number of carboxylic acids is 1. The van der Waals surface area contributed by atoms with Gasteiger partial charge in [0.2, 0.25) is 0 Å². The van der Waals surface area contributed by atoms with E-state index in [2.05, 4.69) is 4.98 Å². The lowest BCUT2D eigenvalue weighted by atomic mass is 10.0. The average molecular weight is 247 g/mol. The second-order valence-corrected chi connectivity index (χ2v) is 3.35. The fourth-order valence-electron chi connectivity index (χ4n) is 1.07. The number of halogens is 3. The Morgan fingerprint density at radius 1 is 1.35 bits per heavy atom. The molecule has 1 rings (SSSR count). The first-order valence-electron chi connectivity index (χ1n) is 4.53. The lowest BCUT2D eigenvalue weighted by Crippen LogP contribution is -2.21. The van der Waals surface area contributed by atoms with Crippen molar-refractivity contribution in [1.82, 2.24) is 4.98 Å². The van der Waals surface area contributed by atoms with E-state index in [1.165, 1.54) is 0 Å². The van der Waals surface area contributed by atoms with Gasteiger partial charge in [0.1, 0.15) is 11.6 Å². The maximum atomic E-state index is 12.2. The van der Waals surface area contributed by atoms with E-state index in [0.717, 1.165) is 19.2 Å². The van der Waals surface area contributed by atoms with Gasteiger partial charge in [0.15, 0.2) is 5.78 Å². The van der Waals surface area contributed by atoms with Crippen LogP contribution in [0.2, 0.25) is 0 Å². The van der Waals surface area contributed by atoms with Gasteiger partial charge in [-0.25, -0.2) is 0 Å². The van der Waals surface area contributed by atoms with E-state index < -0.39 is 29.5 Å². The van der Waals surface area contributed by atoms with Crippen molar-refractivity contribution < 1.29 is 27.9 Å². The van der Waals surface area contributed by atoms with Crippen LogP contribution in [0.25, 0.3) is 0 Å². The number of Topliss-reactive ketones (excluding diaryl/α,β-unsaturated/α-hetero) is 1. The minimum absolute atomic E-state index is 0.159. The number of carbonyl (C=O) groups excluding carboxylic acids is 1. The third-order valence-corrected chi connectivity index (χ3v) is 2.10. The lowest BCUT2D eigenvalue weighted by molar-refractivity contribution is -0.141. The van der Waals surface area contributed by atoms with Gasteiger partial charge in [0, 0.05) is 11.8 Å². The average Bonchev–Trinajstić information content (AvgIpc) is 2.26. The molecule has 1 aromatic rings. The number of hydrogen-bond donors (Lipinski definition) is 1. The Labute approximate surface area is 94.1 Å². The summed E-state index contributed by atoms with van der Waals surface area (Å²) < 4.78 is 36.5. The molecule has 1 heterocycles. The van der Waals surface area contributed by atoms with Crippen LogP contribution >= 0.6 is 0 Å². The van der Waals surface area contributed by atoms with Gasteiger partial charge in [-0.3, -0.25) is 14.6 Å². The van der Waals surface area contributed by atoms with Crippen molar-refractivity contribution in [2.45, 2.75) is 13.1 Å². The van der Waals surface area contributed by atoms with E-state index in [1.807, 2.05) is 0 Å². The zero-order valence-electron chi connectivity index (χ0n) is 8.65. The molecule has 1 N–H and O–H groups in total. The van der Waals surface area contributed by atoms with E-state index in [-0.39, 0.29) is 5.56 Å². The van der Waals surface area contributed by atoms with Crippen LogP contribution in [0.3, 0.4) is 0 Å². The minimum Gasteiger partial charge on any atom is -0.481 e. The number of alkyl halides is 3. The molecule has 0 saturated heterocycles. The summed E-state index contributed by atoms with van der Waals surface area (Å²) in [5.41, 5.74) is -1.29. The Kier molecular flexibility index (Phi) is 3.50. The van der Waals surface area contributed by atoms with Gasteiger partial charge in [-0.05, 0) is 19.1 Å². The molecular formula is C10H8F3NO3. The fourth-order valence-corrected chi connectivity index (χ4v) is 1.07. The molecule has 4 nitrogen and oxygen atoms in total. The second kappa shape index (κ2) is 4.52. The Hall–Kier alpha value is -1.92. The first-order chi connectivity index (χ1) is 7.73. The van der Waals surface area contributed by atoms with E-state index in [0.29, 0.717) is 6.07 Å². The summed E-state index contributed by atoms with van der Waals surface area (Å²) in [6.07, 6.45) is -3.86. The van der Waals surface area contributed by atoms with Crippen LogP contribution < -0.4 is 0 Å². The molecule has 0 aliphatic rings. The quantitative estimate of drug-likeness (QED) is 0.655. The number of hydrogen-bond acceptors (Lipinski definition) is 3. The van der Waals surface area contributed by atoms with Gasteiger partial charge < -0.3 is 5.11 Å². The van der Waals surface area contributed by atoms with Gasteiger partial charge >= 0.3 is 12.1 Å². The molecule has 0 fully saturated rings. The number of pyridine rings is 1. The van der Waals surface area contributed by atoms with Crippen molar-refractivity contribution in [2.24, 2.45) is 5.92 Å². The molecule has 0 aliphatic heterocycles. The van der Waals surface area contributed by atoms with Crippen molar-refractivity contribution in [3.05, 3.63) is 29.6 Å². The van der Waals surface area contributed by atoms with Crippen molar-refractivity contribution in [3.8, 4) is 0 Å². The summed E-state index contributed by atoms with van der Waals surface area (Å²) >= 11 is 0. The molecule has 0 radical (unpaired) electrons. The highest BCUT2D eigenvalue weighted by Gasteiger charge is 2.32. The summed E-state index contributed by atoms with van der Waals surface area (Å²) in [7, 11) is 0. The maximum absolute atomic E-state index is 12.2. The molecule has 0 saturated carbocycles. The third kappa shape index (κ3) is 3.02. The Morgan fingerprint density at radius 3 is 2.29 bits per heavy atom. The standard InChI is InChI=1S/C10H8F3NO3/c1-5(9(16)17)8(15)6-2-3-7(14-4-6)10(11,12)13/h2-5H,1H3,(H,16,17)/t5-/m0/s1. The predicted molar refractivity (Wildman–Crippen MR) is 50.4 cm³/mol. The predicted octanol–water partition coefficient (Wildman–Crippen LogP) is 2.00. The molecular weight excluding hydrogens is 239 g/mol. The number of ketones is 1. The first-order valence-corrected chi connectivity index (χ1v) is 4.53. The molecule has 92 valence electrons. The van der Waals surface area contributed by atoms with E-state index in [9.17, 15) is 22.8 Å². The SMILES string of the molecule is C[C@H](C(=O)O)C(=O)c1ccc(C(F)(F)F)nc1. The molecule has 0 aliphatic carbocycles. The van der Waals surface area contributed by atoms with E-state index in [4.69, 9.17) is 5.11 Å². The highest BCUT2D eigenvalue weighted by Crippen LogP contribution is 2.27. The third-order valence-electron chi connectivity index (χ3n) is 2.10. The number of carboxylic acid groups (broad SMARTS) is 1. The number of aliphatic carboxylic acids is 1. The van der Waals surface area contributed by atoms with Gasteiger partial charge in [-0.15, -0.1) is 0 Å². The normalized spacial score (nSPS) is 13.2. The summed E-state index contributed by atoms with van der Waals surface area (Å²) in [4.78, 5) is 25.0. The van der Waals surface area contributed by atoms with Gasteiger partial charge in [0.25, 0.3) is 0 Å². The molecule has 1 atom stereocenters. The highest BCUT2D eigenvalue weighted by atomic mass is 19.4. The summed E-state index contributed by atoms with van der Waals surface area (Å²) in [5, 5.41) is 8.58. The maximum Gasteiger partial charge on any atom is 0.433 e. The molecule has 7 heteroatoms. The smallest absolute Gasteiger partial charge is 0.433 e. The van der Waals surface area contributed by atoms with Gasteiger partial charge in [-0.1, -0.05) is 0 Å². The first kappa shape index (κ1) is 13.1. The molecule has 0 aromatic carbocycles. The molecule has 0 amide bonds. The van der Waals surface area contributed by atoms with Gasteiger partial charge in [-0.2, -0.15) is 13.2 Å². The topological polar surface area (TPSA) is 67.3 Å². The summed E-state index contributed by atoms with van der Waals surface area (Å²) in [6.45, 7) is 1.16. The number of aromatic nitrogens is 1. The monoisotopic (exact) mass is 247 g/mol.